The zero-order chi connectivity index (χ0) is 22.1. The van der Waals surface area contributed by atoms with Gasteiger partial charge >= 0.3 is 0 Å². The van der Waals surface area contributed by atoms with Crippen molar-refractivity contribution in [3.05, 3.63) is 40.8 Å². The summed E-state index contributed by atoms with van der Waals surface area (Å²) in [6.07, 6.45) is 6.86. The molecular formula is C24H36N4O3. The fourth-order valence-electron chi connectivity index (χ4n) is 3.99. The fourth-order valence-corrected chi connectivity index (χ4v) is 3.99. The molecule has 0 aliphatic heterocycles. The highest BCUT2D eigenvalue weighted by atomic mass is 16.5. The first-order valence-corrected chi connectivity index (χ1v) is 11.4. The normalized spacial score (nSPS) is 14.6. The molecular weight excluding hydrogens is 392 g/mol. The SMILES string of the molecule is CCNC(=NCc1cccc(OC)c1OC1CCCC1)NCCCc1c(C)noc1C. The number of aliphatic imine (C=N–C) groups is 1. The highest BCUT2D eigenvalue weighted by Gasteiger charge is 2.20. The van der Waals surface area contributed by atoms with Crippen LogP contribution in [0.25, 0.3) is 0 Å². The molecule has 2 N–H and O–H groups in total. The third kappa shape index (κ3) is 6.39. The number of ether oxygens (including phenoxy) is 2. The molecule has 0 amide bonds. The first kappa shape index (κ1) is 23.0. The Hall–Kier alpha value is -2.70. The van der Waals surface area contributed by atoms with E-state index >= 15 is 0 Å². The number of aryl methyl sites for hydroxylation is 2. The van der Waals surface area contributed by atoms with Crippen molar-refractivity contribution in [2.75, 3.05) is 20.2 Å². The van der Waals surface area contributed by atoms with Crippen LogP contribution in [-0.2, 0) is 13.0 Å². The van der Waals surface area contributed by atoms with Crippen molar-refractivity contribution in [2.45, 2.75) is 71.9 Å². The maximum Gasteiger partial charge on any atom is 0.191 e. The molecule has 1 heterocycles. The van der Waals surface area contributed by atoms with Gasteiger partial charge in [-0.3, -0.25) is 0 Å². The van der Waals surface area contributed by atoms with E-state index in [1.807, 2.05) is 26.0 Å². The number of aromatic nitrogens is 1. The second kappa shape index (κ2) is 11.6. The second-order valence-electron chi connectivity index (χ2n) is 8.00. The Kier molecular flexibility index (Phi) is 8.62. The minimum atomic E-state index is 0.273. The molecule has 0 spiro atoms. The Balaban J connectivity index is 1.61. The molecule has 170 valence electrons. The number of benzene rings is 1. The van der Waals surface area contributed by atoms with Gasteiger partial charge in [-0.2, -0.15) is 0 Å². The highest BCUT2D eigenvalue weighted by Crippen LogP contribution is 2.35. The van der Waals surface area contributed by atoms with Gasteiger partial charge in [0.25, 0.3) is 0 Å². The number of methoxy groups -OCH3 is 1. The van der Waals surface area contributed by atoms with E-state index < -0.39 is 0 Å². The van der Waals surface area contributed by atoms with Gasteiger partial charge in [-0.1, -0.05) is 17.3 Å². The standard InChI is InChI=1S/C24H36N4O3/c1-5-25-24(26-15-9-13-21-17(2)28-31-18(21)3)27-16-19-10-8-14-22(29-4)23(19)30-20-11-6-7-12-20/h8,10,14,20H,5-7,9,11-13,15-16H2,1-4H3,(H2,25,26,27). The average Bonchev–Trinajstić information content (AvgIpc) is 3.40. The van der Waals surface area contributed by atoms with Crippen LogP contribution in [0, 0.1) is 13.8 Å². The maximum absolute atomic E-state index is 6.33. The summed E-state index contributed by atoms with van der Waals surface area (Å²) in [5, 5.41) is 10.8. The first-order valence-electron chi connectivity index (χ1n) is 11.4. The molecule has 0 radical (unpaired) electrons. The van der Waals surface area contributed by atoms with Crippen LogP contribution in [0.2, 0.25) is 0 Å². The summed E-state index contributed by atoms with van der Waals surface area (Å²) in [5.74, 6) is 3.31. The smallest absolute Gasteiger partial charge is 0.191 e. The van der Waals surface area contributed by atoms with E-state index in [1.165, 1.54) is 18.4 Å². The van der Waals surface area contributed by atoms with Crippen LogP contribution < -0.4 is 20.1 Å². The summed E-state index contributed by atoms with van der Waals surface area (Å²) in [5.41, 5.74) is 3.22. The van der Waals surface area contributed by atoms with Crippen LogP contribution in [0.5, 0.6) is 11.5 Å². The Bertz CT molecular complexity index is 837. The van der Waals surface area contributed by atoms with Crippen LogP contribution >= 0.6 is 0 Å². The number of hydrogen-bond acceptors (Lipinski definition) is 5. The minimum Gasteiger partial charge on any atom is -0.493 e. The van der Waals surface area contributed by atoms with Gasteiger partial charge in [0.2, 0.25) is 0 Å². The van der Waals surface area contributed by atoms with Crippen LogP contribution in [0.15, 0.2) is 27.7 Å². The largest absolute Gasteiger partial charge is 0.493 e. The topological polar surface area (TPSA) is 80.9 Å². The Morgan fingerprint density at radius 2 is 2.03 bits per heavy atom. The van der Waals surface area contributed by atoms with Gasteiger partial charge < -0.3 is 24.6 Å². The molecule has 1 fully saturated rings. The third-order valence-corrected chi connectivity index (χ3v) is 5.70. The minimum absolute atomic E-state index is 0.273. The third-order valence-electron chi connectivity index (χ3n) is 5.70. The molecule has 0 saturated heterocycles. The van der Waals surface area contributed by atoms with E-state index in [-0.39, 0.29) is 6.10 Å². The van der Waals surface area contributed by atoms with Crippen LogP contribution in [-0.4, -0.2) is 37.4 Å². The van der Waals surface area contributed by atoms with Gasteiger partial charge in [0.1, 0.15) is 5.76 Å². The molecule has 0 atom stereocenters. The lowest BCUT2D eigenvalue weighted by atomic mass is 10.1. The number of hydrogen-bond donors (Lipinski definition) is 2. The van der Waals surface area contributed by atoms with E-state index in [0.29, 0.717) is 6.54 Å². The first-order chi connectivity index (χ1) is 15.1. The van der Waals surface area contributed by atoms with Gasteiger partial charge in [-0.15, -0.1) is 0 Å². The lowest BCUT2D eigenvalue weighted by Gasteiger charge is -2.19. The molecule has 1 saturated carbocycles. The fraction of sp³-hybridized carbons (Fsp3) is 0.583. The molecule has 0 bridgehead atoms. The van der Waals surface area contributed by atoms with Crippen molar-refractivity contribution >= 4 is 5.96 Å². The van der Waals surface area contributed by atoms with E-state index in [4.69, 9.17) is 19.0 Å². The van der Waals surface area contributed by atoms with Crippen molar-refractivity contribution in [3.63, 3.8) is 0 Å². The van der Waals surface area contributed by atoms with Crippen molar-refractivity contribution in [3.8, 4) is 11.5 Å². The predicted octanol–water partition coefficient (Wildman–Crippen LogP) is 4.31. The molecule has 0 unspecified atom stereocenters. The van der Waals surface area contributed by atoms with E-state index in [0.717, 1.165) is 73.2 Å². The van der Waals surface area contributed by atoms with Crippen molar-refractivity contribution in [2.24, 2.45) is 4.99 Å². The van der Waals surface area contributed by atoms with Crippen LogP contribution in [0.4, 0.5) is 0 Å². The highest BCUT2D eigenvalue weighted by molar-refractivity contribution is 5.79. The Labute approximate surface area is 185 Å². The average molecular weight is 429 g/mol. The number of guanidine groups is 1. The Morgan fingerprint density at radius 3 is 2.71 bits per heavy atom. The van der Waals surface area contributed by atoms with E-state index in [2.05, 4.69) is 28.8 Å². The molecule has 1 aliphatic carbocycles. The van der Waals surface area contributed by atoms with Gasteiger partial charge in [-0.05, 0) is 65.4 Å². The van der Waals surface area contributed by atoms with Crippen molar-refractivity contribution in [1.29, 1.82) is 0 Å². The van der Waals surface area contributed by atoms with E-state index in [9.17, 15) is 0 Å². The molecule has 7 heteroatoms. The molecule has 7 nitrogen and oxygen atoms in total. The quantitative estimate of drug-likeness (QED) is 0.333. The number of rotatable bonds is 10. The zero-order valence-corrected chi connectivity index (χ0v) is 19.3. The van der Waals surface area contributed by atoms with Gasteiger partial charge in [0.15, 0.2) is 17.5 Å². The zero-order valence-electron chi connectivity index (χ0n) is 19.3. The monoisotopic (exact) mass is 428 g/mol. The summed E-state index contributed by atoms with van der Waals surface area (Å²) in [6, 6.07) is 6.02. The van der Waals surface area contributed by atoms with Gasteiger partial charge in [0, 0.05) is 24.2 Å². The predicted molar refractivity (Wildman–Crippen MR) is 123 cm³/mol. The summed E-state index contributed by atoms with van der Waals surface area (Å²) >= 11 is 0. The van der Waals surface area contributed by atoms with E-state index in [1.54, 1.807) is 7.11 Å². The molecule has 2 aromatic rings. The molecule has 31 heavy (non-hydrogen) atoms. The molecule has 3 rings (SSSR count). The summed E-state index contributed by atoms with van der Waals surface area (Å²) in [7, 11) is 1.69. The van der Waals surface area contributed by atoms with Gasteiger partial charge in [-0.25, -0.2) is 4.99 Å². The Morgan fingerprint density at radius 1 is 1.23 bits per heavy atom. The van der Waals surface area contributed by atoms with Gasteiger partial charge in [0.05, 0.1) is 25.5 Å². The summed E-state index contributed by atoms with van der Waals surface area (Å²) in [4.78, 5) is 4.79. The molecule has 1 aliphatic rings. The number of nitrogens with zero attached hydrogens (tertiary/aromatic N) is 2. The lowest BCUT2D eigenvalue weighted by molar-refractivity contribution is 0.198. The van der Waals surface area contributed by atoms with Crippen molar-refractivity contribution < 1.29 is 14.0 Å². The second-order valence-corrected chi connectivity index (χ2v) is 8.00. The molecule has 1 aromatic heterocycles. The van der Waals surface area contributed by atoms with Crippen LogP contribution in [0.3, 0.4) is 0 Å². The number of para-hydroxylation sites is 1. The summed E-state index contributed by atoms with van der Waals surface area (Å²) < 4.78 is 17.1. The molecule has 1 aromatic carbocycles. The van der Waals surface area contributed by atoms with Crippen LogP contribution in [0.1, 0.15) is 61.6 Å². The summed E-state index contributed by atoms with van der Waals surface area (Å²) in [6.45, 7) is 8.18. The number of nitrogens with one attached hydrogen (secondary N) is 2. The maximum atomic E-state index is 6.33. The lowest BCUT2D eigenvalue weighted by Crippen LogP contribution is -2.37. The van der Waals surface area contributed by atoms with Crippen molar-refractivity contribution in [1.82, 2.24) is 15.8 Å².